The van der Waals surface area contributed by atoms with E-state index in [4.69, 9.17) is 11.6 Å². The lowest BCUT2D eigenvalue weighted by Crippen LogP contribution is -1.95. The zero-order valence-corrected chi connectivity index (χ0v) is 7.80. The van der Waals surface area contributed by atoms with Gasteiger partial charge in [0.25, 0.3) is 5.24 Å². The largest absolute Gasteiger partial charge is 0.294 e. The molecule has 0 heterocycles. The molecule has 1 aromatic rings. The van der Waals surface area contributed by atoms with Crippen molar-refractivity contribution in [3.8, 4) is 0 Å². The predicted octanol–water partition coefficient (Wildman–Crippen LogP) is 1.83. The van der Waals surface area contributed by atoms with Gasteiger partial charge in [0, 0.05) is 16.7 Å². The van der Waals surface area contributed by atoms with Crippen molar-refractivity contribution >= 4 is 28.4 Å². The number of carbonyl (C=O) groups is 3. The molecule has 0 amide bonds. The molecule has 1 aliphatic carbocycles. The zero-order valence-electron chi connectivity index (χ0n) is 7.04. The Balaban J connectivity index is 2.61. The van der Waals surface area contributed by atoms with E-state index in [-0.39, 0.29) is 23.6 Å². The summed E-state index contributed by atoms with van der Waals surface area (Å²) in [5.41, 5.74) is 0.937. The number of carbonyl (C=O) groups excluding carboxylic acids is 3. The first kappa shape index (κ1) is 9.09. The third kappa shape index (κ3) is 1.26. The summed E-state index contributed by atoms with van der Waals surface area (Å²) >= 11 is 5.25. The number of hydrogen-bond donors (Lipinski definition) is 0. The van der Waals surface area contributed by atoms with Gasteiger partial charge in [0.2, 0.25) is 0 Å². The highest BCUT2D eigenvalue weighted by Crippen LogP contribution is 2.23. The summed E-state index contributed by atoms with van der Waals surface area (Å²) in [6.45, 7) is 0. The maximum Gasteiger partial charge on any atom is 0.252 e. The fourth-order valence-electron chi connectivity index (χ4n) is 1.48. The molecule has 0 aromatic heterocycles. The van der Waals surface area contributed by atoms with E-state index in [0.717, 1.165) is 0 Å². The van der Waals surface area contributed by atoms with Gasteiger partial charge in [-0.15, -0.1) is 0 Å². The average Bonchev–Trinajstić information content (AvgIpc) is 2.42. The molecule has 0 saturated carbocycles. The molecular formula is C10H5ClO3. The van der Waals surface area contributed by atoms with Gasteiger partial charge in [-0.05, 0) is 29.8 Å². The number of Topliss-reactive ketones (excluding diaryl/α,β-unsaturated/α-hetero) is 2. The van der Waals surface area contributed by atoms with Gasteiger partial charge in [-0.2, -0.15) is 0 Å². The third-order valence-corrected chi connectivity index (χ3v) is 2.39. The summed E-state index contributed by atoms with van der Waals surface area (Å²) in [6, 6.07) is 4.29. The third-order valence-electron chi connectivity index (χ3n) is 2.17. The molecule has 0 fully saturated rings. The fraction of sp³-hybridized carbons (Fsp3) is 0.100. The molecule has 1 aromatic carbocycles. The van der Waals surface area contributed by atoms with Crippen molar-refractivity contribution in [2.75, 3.05) is 0 Å². The lowest BCUT2D eigenvalue weighted by atomic mass is 10.1. The minimum atomic E-state index is -0.625. The highest BCUT2D eigenvalue weighted by molar-refractivity contribution is 6.67. The molecule has 4 heteroatoms. The molecule has 2 rings (SSSR count). The van der Waals surface area contributed by atoms with Gasteiger partial charge in [0.1, 0.15) is 0 Å². The minimum absolute atomic E-state index is 0.102. The van der Waals surface area contributed by atoms with E-state index in [2.05, 4.69) is 0 Å². The number of rotatable bonds is 1. The Hall–Kier alpha value is -1.48. The number of ketones is 2. The van der Waals surface area contributed by atoms with Crippen molar-refractivity contribution in [2.24, 2.45) is 0 Å². The second-order valence-corrected chi connectivity index (χ2v) is 3.40. The van der Waals surface area contributed by atoms with E-state index in [0.29, 0.717) is 11.1 Å². The van der Waals surface area contributed by atoms with Gasteiger partial charge in [-0.3, -0.25) is 14.4 Å². The van der Waals surface area contributed by atoms with Crippen molar-refractivity contribution in [1.29, 1.82) is 0 Å². The Morgan fingerprint density at radius 3 is 2.43 bits per heavy atom. The molecule has 0 aliphatic heterocycles. The van der Waals surface area contributed by atoms with Crippen LogP contribution in [0.15, 0.2) is 18.2 Å². The molecule has 0 unspecified atom stereocenters. The average molecular weight is 209 g/mol. The molecule has 0 atom stereocenters. The van der Waals surface area contributed by atoms with Crippen LogP contribution in [0, 0.1) is 0 Å². The summed E-state index contributed by atoms with van der Waals surface area (Å²) in [5.74, 6) is -0.441. The van der Waals surface area contributed by atoms with Crippen molar-refractivity contribution < 1.29 is 14.4 Å². The minimum Gasteiger partial charge on any atom is -0.294 e. The van der Waals surface area contributed by atoms with Crippen LogP contribution in [0.5, 0.6) is 0 Å². The number of halogens is 1. The molecule has 3 nitrogen and oxygen atoms in total. The standard InChI is InChI=1S/C10H5ClO3/c11-10(14)5-1-2-6-7(3-5)9(13)4-8(6)12/h1-3H,4H2. The summed E-state index contributed by atoms with van der Waals surface area (Å²) < 4.78 is 0. The molecule has 0 radical (unpaired) electrons. The second-order valence-electron chi connectivity index (χ2n) is 3.06. The van der Waals surface area contributed by atoms with Crippen molar-refractivity contribution in [2.45, 2.75) is 6.42 Å². The summed E-state index contributed by atoms with van der Waals surface area (Å²) in [4.78, 5) is 33.3. The lowest BCUT2D eigenvalue weighted by Gasteiger charge is -1.97. The van der Waals surface area contributed by atoms with Crippen LogP contribution in [0.3, 0.4) is 0 Å². The Kier molecular flexibility index (Phi) is 1.97. The van der Waals surface area contributed by atoms with Crippen LogP contribution in [0.2, 0.25) is 0 Å². The first-order chi connectivity index (χ1) is 6.59. The topological polar surface area (TPSA) is 51.2 Å². The van der Waals surface area contributed by atoms with Gasteiger partial charge in [0.05, 0.1) is 6.42 Å². The molecule has 0 bridgehead atoms. The highest BCUT2D eigenvalue weighted by Gasteiger charge is 2.27. The van der Waals surface area contributed by atoms with Crippen molar-refractivity contribution in [1.82, 2.24) is 0 Å². The van der Waals surface area contributed by atoms with E-state index >= 15 is 0 Å². The van der Waals surface area contributed by atoms with Crippen LogP contribution in [0.25, 0.3) is 0 Å². The Morgan fingerprint density at radius 1 is 1.14 bits per heavy atom. The summed E-state index contributed by atoms with van der Waals surface area (Å²) in [7, 11) is 0. The highest BCUT2D eigenvalue weighted by atomic mass is 35.5. The number of benzene rings is 1. The van der Waals surface area contributed by atoms with Crippen LogP contribution in [-0.2, 0) is 0 Å². The predicted molar refractivity (Wildman–Crippen MR) is 49.9 cm³/mol. The lowest BCUT2D eigenvalue weighted by molar-refractivity contribution is 0.0922. The Morgan fingerprint density at radius 2 is 1.79 bits per heavy atom. The molecule has 0 spiro atoms. The maximum atomic E-state index is 11.3. The Labute approximate surface area is 84.7 Å². The summed E-state index contributed by atoms with van der Waals surface area (Å²) in [5, 5.41) is -0.625. The summed E-state index contributed by atoms with van der Waals surface area (Å²) in [6.07, 6.45) is -0.102. The zero-order chi connectivity index (χ0) is 10.3. The molecular weight excluding hydrogens is 204 g/mol. The molecule has 0 saturated heterocycles. The normalized spacial score (nSPS) is 14.4. The second kappa shape index (κ2) is 3.03. The quantitative estimate of drug-likeness (QED) is 0.523. The number of fused-ring (bicyclic) bond motifs is 1. The molecule has 0 N–H and O–H groups in total. The van der Waals surface area contributed by atoms with Gasteiger partial charge >= 0.3 is 0 Å². The van der Waals surface area contributed by atoms with Crippen molar-refractivity contribution in [3.05, 3.63) is 34.9 Å². The van der Waals surface area contributed by atoms with E-state index in [9.17, 15) is 14.4 Å². The van der Waals surface area contributed by atoms with Crippen LogP contribution in [0.1, 0.15) is 37.5 Å². The monoisotopic (exact) mass is 208 g/mol. The Bertz CT molecular complexity index is 462. The molecule has 14 heavy (non-hydrogen) atoms. The van der Waals surface area contributed by atoms with Crippen molar-refractivity contribution in [3.63, 3.8) is 0 Å². The van der Waals surface area contributed by atoms with Crippen LogP contribution in [0.4, 0.5) is 0 Å². The first-order valence-electron chi connectivity index (χ1n) is 4.00. The van der Waals surface area contributed by atoms with E-state index in [1.807, 2.05) is 0 Å². The number of hydrogen-bond acceptors (Lipinski definition) is 3. The first-order valence-corrected chi connectivity index (χ1v) is 4.37. The fourth-order valence-corrected chi connectivity index (χ4v) is 1.59. The van der Waals surface area contributed by atoms with Gasteiger partial charge in [-0.1, -0.05) is 0 Å². The SMILES string of the molecule is O=C(Cl)c1ccc2c(c1)C(=O)CC2=O. The van der Waals surface area contributed by atoms with Gasteiger partial charge < -0.3 is 0 Å². The van der Waals surface area contributed by atoms with Crippen LogP contribution < -0.4 is 0 Å². The van der Waals surface area contributed by atoms with Gasteiger partial charge in [0.15, 0.2) is 11.6 Å². The van der Waals surface area contributed by atoms with E-state index in [1.54, 1.807) is 0 Å². The molecule has 70 valence electrons. The smallest absolute Gasteiger partial charge is 0.252 e. The van der Waals surface area contributed by atoms with Crippen LogP contribution in [-0.4, -0.2) is 16.8 Å². The molecule has 1 aliphatic rings. The van der Waals surface area contributed by atoms with E-state index in [1.165, 1.54) is 18.2 Å². The maximum absolute atomic E-state index is 11.3. The van der Waals surface area contributed by atoms with E-state index < -0.39 is 5.24 Å². The van der Waals surface area contributed by atoms with Crippen LogP contribution >= 0.6 is 11.6 Å². The van der Waals surface area contributed by atoms with Gasteiger partial charge in [-0.25, -0.2) is 0 Å².